The third-order valence-corrected chi connectivity index (χ3v) is 5.77. The van der Waals surface area contributed by atoms with Gasteiger partial charge in [0.05, 0.1) is 28.9 Å². The minimum absolute atomic E-state index is 0.0495. The smallest absolute Gasteiger partial charge is 0.263 e. The predicted molar refractivity (Wildman–Crippen MR) is 126 cm³/mol. The summed E-state index contributed by atoms with van der Waals surface area (Å²) in [4.78, 5) is 40.4. The van der Waals surface area contributed by atoms with Gasteiger partial charge in [0.25, 0.3) is 17.7 Å². The van der Waals surface area contributed by atoms with Gasteiger partial charge in [-0.3, -0.25) is 19.3 Å². The van der Waals surface area contributed by atoms with Gasteiger partial charge < -0.3 is 10.1 Å². The zero-order valence-electron chi connectivity index (χ0n) is 17.1. The molecule has 4 rings (SSSR count). The molecule has 2 aliphatic rings. The summed E-state index contributed by atoms with van der Waals surface area (Å²) < 4.78 is 5.22. The molecule has 0 bridgehead atoms. The third kappa shape index (κ3) is 4.55. The zero-order valence-corrected chi connectivity index (χ0v) is 18.7. The highest BCUT2D eigenvalue weighted by atomic mass is 35.5. The van der Waals surface area contributed by atoms with E-state index in [1.807, 2.05) is 6.07 Å². The Morgan fingerprint density at radius 2 is 1.94 bits per heavy atom. The Labute approximate surface area is 199 Å². The number of fused-ring (bicyclic) bond motifs is 1. The number of halogens is 1. The first-order valence-electron chi connectivity index (χ1n) is 9.89. The minimum Gasteiger partial charge on any atom is -0.479 e. The molecule has 2 aromatic rings. The number of hydrogen-bond donors (Lipinski definition) is 1. The zero-order chi connectivity index (χ0) is 23.5. The molecule has 164 valence electrons. The van der Waals surface area contributed by atoms with Crippen LogP contribution in [-0.4, -0.2) is 34.1 Å². The van der Waals surface area contributed by atoms with Gasteiger partial charge in [0.15, 0.2) is 6.61 Å². The molecule has 0 atom stereocenters. The maximum Gasteiger partial charge on any atom is 0.263 e. The van der Waals surface area contributed by atoms with Gasteiger partial charge >= 0.3 is 0 Å². The van der Waals surface area contributed by atoms with Crippen LogP contribution < -0.4 is 10.1 Å². The number of rotatable bonds is 6. The van der Waals surface area contributed by atoms with Gasteiger partial charge in [-0.1, -0.05) is 48.1 Å². The highest BCUT2D eigenvalue weighted by Crippen LogP contribution is 2.31. The van der Waals surface area contributed by atoms with Crippen molar-refractivity contribution in [3.8, 4) is 11.8 Å². The topological polar surface area (TPSA) is 99.5 Å². The first-order chi connectivity index (χ1) is 15.9. The number of benzene rings is 2. The molecule has 0 radical (unpaired) electrons. The number of nitriles is 1. The Bertz CT molecular complexity index is 1290. The lowest BCUT2D eigenvalue weighted by Crippen LogP contribution is -2.29. The van der Waals surface area contributed by atoms with Gasteiger partial charge in [0.2, 0.25) is 0 Å². The van der Waals surface area contributed by atoms with Crippen LogP contribution in [0.25, 0.3) is 0 Å². The van der Waals surface area contributed by atoms with Crippen LogP contribution in [0.1, 0.15) is 32.7 Å². The molecular weight excluding hydrogens is 462 g/mol. The van der Waals surface area contributed by atoms with E-state index in [0.29, 0.717) is 27.6 Å². The van der Waals surface area contributed by atoms with Crippen molar-refractivity contribution in [2.45, 2.75) is 13.0 Å². The highest BCUT2D eigenvalue weighted by Gasteiger charge is 2.38. The summed E-state index contributed by atoms with van der Waals surface area (Å²) in [6, 6.07) is 13.4. The molecule has 0 unspecified atom stereocenters. The Kier molecular flexibility index (Phi) is 6.36. The van der Waals surface area contributed by atoms with E-state index in [0.717, 1.165) is 4.90 Å². The molecule has 1 N–H and O–H groups in total. The largest absolute Gasteiger partial charge is 0.479 e. The lowest BCUT2D eigenvalue weighted by molar-refractivity contribution is -0.112. The third-order valence-electron chi connectivity index (χ3n) is 5.12. The summed E-state index contributed by atoms with van der Waals surface area (Å²) in [7, 11) is 0. The van der Waals surface area contributed by atoms with Gasteiger partial charge in [-0.25, -0.2) is 0 Å². The number of allylic oxidation sites excluding steroid dienone is 3. The van der Waals surface area contributed by atoms with E-state index >= 15 is 0 Å². The van der Waals surface area contributed by atoms with E-state index in [1.54, 1.807) is 48.5 Å². The van der Waals surface area contributed by atoms with Crippen LogP contribution in [0.2, 0.25) is 0 Å². The fraction of sp³-hybridized carbons (Fsp3) is 0.125. The van der Waals surface area contributed by atoms with E-state index < -0.39 is 17.7 Å². The van der Waals surface area contributed by atoms with Crippen LogP contribution >= 0.6 is 23.8 Å². The lowest BCUT2D eigenvalue weighted by Gasteiger charge is -2.15. The van der Waals surface area contributed by atoms with Crippen molar-refractivity contribution in [3.63, 3.8) is 0 Å². The molecule has 7 nitrogen and oxygen atoms in total. The number of amides is 3. The molecule has 0 fully saturated rings. The second-order valence-corrected chi connectivity index (χ2v) is 8.17. The van der Waals surface area contributed by atoms with E-state index in [2.05, 4.69) is 5.32 Å². The van der Waals surface area contributed by atoms with Crippen LogP contribution in [0.3, 0.4) is 0 Å². The minimum atomic E-state index is -0.506. The predicted octanol–water partition coefficient (Wildman–Crippen LogP) is 4.15. The van der Waals surface area contributed by atoms with E-state index in [1.165, 1.54) is 6.08 Å². The van der Waals surface area contributed by atoms with E-state index in [4.69, 9.17) is 33.8 Å². The molecule has 1 aliphatic carbocycles. The lowest BCUT2D eigenvalue weighted by atomic mass is 10.0. The molecule has 1 aliphatic heterocycles. The summed E-state index contributed by atoms with van der Waals surface area (Å²) >= 11 is 11.3. The van der Waals surface area contributed by atoms with Gasteiger partial charge in [-0.05, 0) is 35.9 Å². The number of nitrogens with zero attached hydrogens (tertiary/aromatic N) is 2. The second-order valence-electron chi connectivity index (χ2n) is 7.24. The summed E-state index contributed by atoms with van der Waals surface area (Å²) in [5.74, 6) is -0.938. The Morgan fingerprint density at radius 3 is 2.67 bits per heavy atom. The number of nitrogens with one attached hydrogen (secondary N) is 1. The van der Waals surface area contributed by atoms with Crippen molar-refractivity contribution < 1.29 is 19.1 Å². The molecular formula is C24H16ClN3O4S. The molecule has 0 aromatic heterocycles. The molecule has 33 heavy (non-hydrogen) atoms. The monoisotopic (exact) mass is 477 g/mol. The number of thiocarbonyl (C=S) groups is 1. The van der Waals surface area contributed by atoms with Crippen LogP contribution in [-0.2, 0) is 11.3 Å². The molecule has 0 saturated heterocycles. The first kappa shape index (κ1) is 22.4. The number of ether oxygens (including phenoxy) is 1. The maximum atomic E-state index is 13.1. The van der Waals surface area contributed by atoms with E-state index in [-0.39, 0.29) is 35.5 Å². The van der Waals surface area contributed by atoms with Gasteiger partial charge in [-0.2, -0.15) is 5.26 Å². The summed E-state index contributed by atoms with van der Waals surface area (Å²) in [5.41, 5.74) is 1.53. The maximum absolute atomic E-state index is 13.1. The Morgan fingerprint density at radius 1 is 1.18 bits per heavy atom. The number of anilines is 1. The summed E-state index contributed by atoms with van der Waals surface area (Å²) in [5, 5.41) is 11.7. The van der Waals surface area contributed by atoms with Crippen molar-refractivity contribution in [3.05, 3.63) is 81.9 Å². The van der Waals surface area contributed by atoms with Crippen molar-refractivity contribution in [2.75, 3.05) is 11.9 Å². The summed E-state index contributed by atoms with van der Waals surface area (Å²) in [6.45, 7) is -0.0235. The molecule has 9 heteroatoms. The fourth-order valence-corrected chi connectivity index (χ4v) is 3.95. The number of carbonyl (C=O) groups excluding carboxylic acids is 3. The van der Waals surface area contributed by atoms with Gasteiger partial charge in [0.1, 0.15) is 11.8 Å². The molecule has 0 spiro atoms. The van der Waals surface area contributed by atoms with Crippen LogP contribution in [0.15, 0.2) is 65.2 Å². The standard InChI is InChI=1S/C24H16ClN3O4S/c25-15-6-9-20(33)18(12-15)22(29)27-19-3-1-2-17-21(19)24(31)28(23(17)30)13-14-4-7-16(8-5-14)32-11-10-26/h1-8,12H,9,11,13H2,(H,27,29). The average molecular weight is 478 g/mol. The van der Waals surface area contributed by atoms with Crippen molar-refractivity contribution in [2.24, 2.45) is 0 Å². The SMILES string of the molecule is N#CCOc1ccc(CN2C(=O)c3cccc(NC(=O)C4=CC(Cl)=CCC4=S)c3C2=O)cc1. The first-order valence-corrected chi connectivity index (χ1v) is 10.7. The van der Waals surface area contributed by atoms with Crippen LogP contribution in [0.4, 0.5) is 5.69 Å². The normalized spacial score (nSPS) is 14.9. The van der Waals surface area contributed by atoms with E-state index in [9.17, 15) is 14.4 Å². The number of imide groups is 1. The fourth-order valence-electron chi connectivity index (χ4n) is 3.53. The summed E-state index contributed by atoms with van der Waals surface area (Å²) in [6.07, 6.45) is 3.57. The number of hydrogen-bond acceptors (Lipinski definition) is 6. The second kappa shape index (κ2) is 9.36. The average Bonchev–Trinajstić information content (AvgIpc) is 3.05. The Balaban J connectivity index is 1.55. The van der Waals surface area contributed by atoms with Gasteiger partial charge in [-0.15, -0.1) is 0 Å². The van der Waals surface area contributed by atoms with Gasteiger partial charge in [0, 0.05) is 16.3 Å². The quantitative estimate of drug-likeness (QED) is 0.495. The molecule has 1 heterocycles. The van der Waals surface area contributed by atoms with Crippen LogP contribution in [0.5, 0.6) is 5.75 Å². The number of carbonyl (C=O) groups is 3. The van der Waals surface area contributed by atoms with Crippen molar-refractivity contribution in [1.82, 2.24) is 4.90 Å². The van der Waals surface area contributed by atoms with Crippen molar-refractivity contribution in [1.29, 1.82) is 5.26 Å². The molecule has 0 saturated carbocycles. The molecule has 3 amide bonds. The molecule has 2 aromatic carbocycles. The van der Waals surface area contributed by atoms with Crippen LogP contribution in [0, 0.1) is 11.3 Å². The highest BCUT2D eigenvalue weighted by molar-refractivity contribution is 7.81. The van der Waals surface area contributed by atoms with Crippen molar-refractivity contribution >= 4 is 52.1 Å². The Hall–Kier alpha value is -3.80.